The van der Waals surface area contributed by atoms with Gasteiger partial charge in [-0.25, -0.2) is 4.39 Å². The molecule has 3 unspecified atom stereocenters. The van der Waals surface area contributed by atoms with Crippen LogP contribution >= 0.6 is 0 Å². The van der Waals surface area contributed by atoms with Gasteiger partial charge in [0.25, 0.3) is 5.91 Å². The van der Waals surface area contributed by atoms with E-state index in [1.54, 1.807) is 12.1 Å². The van der Waals surface area contributed by atoms with E-state index in [1.807, 2.05) is 0 Å². The molecular weight excluding hydrogens is 305 g/mol. The number of hydrogen-bond acceptors (Lipinski definition) is 2. The highest BCUT2D eigenvalue weighted by atomic mass is 19.1. The van der Waals surface area contributed by atoms with Crippen molar-refractivity contribution >= 4 is 16.8 Å². The minimum atomic E-state index is -0.281. The molecule has 1 saturated carbocycles. The summed E-state index contributed by atoms with van der Waals surface area (Å²) in [6.07, 6.45) is 2.67. The van der Waals surface area contributed by atoms with Crippen molar-refractivity contribution in [2.45, 2.75) is 12.8 Å². The molecule has 2 N–H and O–H groups in total. The standard InChI is InChI=1S/C19H22FN3O/c20-15-1-2-17-12(5-15)6-18(22-17)19(24)21-7-16-13-3-11-4-14(16)10-23(8-11)9-13/h1-2,5-6,11,13-14,16,22H,3-4,7-10H2,(H,21,24)/t11?,13-,14+,16?. The molecule has 6 rings (SSSR count). The van der Waals surface area contributed by atoms with Gasteiger partial charge in [0.1, 0.15) is 11.5 Å². The van der Waals surface area contributed by atoms with Crippen molar-refractivity contribution in [1.82, 2.24) is 15.2 Å². The van der Waals surface area contributed by atoms with Gasteiger partial charge in [-0.1, -0.05) is 0 Å². The maximum Gasteiger partial charge on any atom is 0.267 e. The van der Waals surface area contributed by atoms with E-state index in [2.05, 4.69) is 15.2 Å². The lowest BCUT2D eigenvalue weighted by Crippen LogP contribution is -2.59. The molecule has 0 radical (unpaired) electrons. The summed E-state index contributed by atoms with van der Waals surface area (Å²) in [5.74, 6) is 2.63. The van der Waals surface area contributed by atoms with Gasteiger partial charge in [-0.2, -0.15) is 0 Å². The lowest BCUT2D eigenvalue weighted by Gasteiger charge is -2.56. The first-order valence-corrected chi connectivity index (χ1v) is 8.94. The normalized spacial score (nSPS) is 34.0. The lowest BCUT2D eigenvalue weighted by molar-refractivity contribution is -0.0624. The van der Waals surface area contributed by atoms with Crippen LogP contribution in [0.4, 0.5) is 4.39 Å². The topological polar surface area (TPSA) is 48.1 Å². The van der Waals surface area contributed by atoms with Crippen molar-refractivity contribution in [3.8, 4) is 0 Å². The van der Waals surface area contributed by atoms with E-state index in [0.717, 1.165) is 35.2 Å². The lowest BCUT2D eigenvalue weighted by atomic mass is 9.62. The molecule has 4 bridgehead atoms. The Kier molecular flexibility index (Phi) is 3.20. The van der Waals surface area contributed by atoms with Gasteiger partial charge in [0.15, 0.2) is 0 Å². The van der Waals surface area contributed by atoms with Gasteiger partial charge in [-0.15, -0.1) is 0 Å². The van der Waals surface area contributed by atoms with Gasteiger partial charge in [-0.05, 0) is 60.8 Å². The van der Waals surface area contributed by atoms with Crippen molar-refractivity contribution in [3.63, 3.8) is 0 Å². The van der Waals surface area contributed by atoms with Crippen molar-refractivity contribution in [3.05, 3.63) is 35.8 Å². The Morgan fingerprint density at radius 1 is 1.21 bits per heavy atom. The molecule has 126 valence electrons. The van der Waals surface area contributed by atoms with Gasteiger partial charge in [0.2, 0.25) is 0 Å². The molecule has 3 aliphatic heterocycles. The second kappa shape index (κ2) is 5.31. The number of benzene rings is 1. The average molecular weight is 327 g/mol. The highest BCUT2D eigenvalue weighted by Crippen LogP contribution is 2.46. The Balaban J connectivity index is 1.28. The van der Waals surface area contributed by atoms with Crippen molar-refractivity contribution in [2.24, 2.45) is 23.7 Å². The molecule has 4 aliphatic rings. The van der Waals surface area contributed by atoms with Crippen LogP contribution < -0.4 is 5.32 Å². The van der Waals surface area contributed by atoms with Crippen LogP contribution in [0.15, 0.2) is 24.3 Å². The summed E-state index contributed by atoms with van der Waals surface area (Å²) >= 11 is 0. The third kappa shape index (κ3) is 2.34. The second-order valence-corrected chi connectivity index (χ2v) is 7.86. The van der Waals surface area contributed by atoms with E-state index in [9.17, 15) is 9.18 Å². The number of hydrogen-bond donors (Lipinski definition) is 2. The number of aromatic amines is 1. The molecule has 24 heavy (non-hydrogen) atoms. The van der Waals surface area contributed by atoms with Gasteiger partial charge < -0.3 is 15.2 Å². The summed E-state index contributed by atoms with van der Waals surface area (Å²) in [7, 11) is 0. The van der Waals surface area contributed by atoms with Crippen LogP contribution in [0.2, 0.25) is 0 Å². The smallest absolute Gasteiger partial charge is 0.267 e. The number of aromatic nitrogens is 1. The van der Waals surface area contributed by atoms with Crippen LogP contribution in [0.3, 0.4) is 0 Å². The molecule has 1 amide bonds. The van der Waals surface area contributed by atoms with Crippen LogP contribution in [-0.2, 0) is 0 Å². The Bertz CT molecular complexity index is 771. The van der Waals surface area contributed by atoms with E-state index in [4.69, 9.17) is 0 Å². The third-order valence-corrected chi connectivity index (χ3v) is 6.31. The molecule has 3 saturated heterocycles. The Morgan fingerprint density at radius 3 is 2.75 bits per heavy atom. The third-order valence-electron chi connectivity index (χ3n) is 6.31. The van der Waals surface area contributed by atoms with Gasteiger partial charge >= 0.3 is 0 Å². The number of halogens is 1. The summed E-state index contributed by atoms with van der Waals surface area (Å²) < 4.78 is 13.3. The number of piperidine rings is 3. The van der Waals surface area contributed by atoms with Crippen molar-refractivity contribution in [1.29, 1.82) is 0 Å². The highest BCUT2D eigenvalue weighted by molar-refractivity contribution is 5.98. The molecule has 1 aromatic carbocycles. The molecule has 2 aromatic rings. The quantitative estimate of drug-likeness (QED) is 0.910. The molecule has 5 heteroatoms. The number of amides is 1. The fraction of sp³-hybridized carbons (Fsp3) is 0.526. The first-order valence-electron chi connectivity index (χ1n) is 8.94. The van der Waals surface area contributed by atoms with Crippen molar-refractivity contribution < 1.29 is 9.18 Å². The second-order valence-electron chi connectivity index (χ2n) is 7.86. The van der Waals surface area contributed by atoms with Crippen LogP contribution in [-0.4, -0.2) is 42.0 Å². The monoisotopic (exact) mass is 327 g/mol. The maximum absolute atomic E-state index is 13.3. The zero-order valence-electron chi connectivity index (χ0n) is 13.6. The number of nitrogens with one attached hydrogen (secondary N) is 2. The zero-order valence-corrected chi connectivity index (χ0v) is 13.6. The van der Waals surface area contributed by atoms with E-state index in [-0.39, 0.29) is 11.7 Å². The summed E-state index contributed by atoms with van der Waals surface area (Å²) in [5.41, 5.74) is 1.31. The van der Waals surface area contributed by atoms with E-state index < -0.39 is 0 Å². The molecule has 4 fully saturated rings. The predicted octanol–water partition coefficient (Wildman–Crippen LogP) is 2.62. The first kappa shape index (κ1) is 14.5. The maximum atomic E-state index is 13.3. The molecule has 1 aliphatic carbocycles. The predicted molar refractivity (Wildman–Crippen MR) is 90.2 cm³/mol. The molecule has 4 heterocycles. The summed E-state index contributed by atoms with van der Waals surface area (Å²) in [6, 6.07) is 6.27. The molecule has 1 aromatic heterocycles. The number of H-pyrrole nitrogens is 1. The number of rotatable bonds is 3. The number of carbonyl (C=O) groups excluding carboxylic acids is 1. The van der Waals surface area contributed by atoms with Gasteiger partial charge in [-0.3, -0.25) is 4.79 Å². The van der Waals surface area contributed by atoms with Crippen LogP contribution in [0, 0.1) is 29.5 Å². The Hall–Kier alpha value is -1.88. The minimum Gasteiger partial charge on any atom is -0.351 e. The Labute approximate surface area is 140 Å². The molecule has 4 nitrogen and oxygen atoms in total. The van der Waals surface area contributed by atoms with E-state index in [0.29, 0.717) is 11.6 Å². The largest absolute Gasteiger partial charge is 0.351 e. The SMILES string of the molecule is O=C(NCC1[C@@H]2CC3C[C@H]1CN(C3)C2)c1cc2cc(F)ccc2[nH]1. The fourth-order valence-corrected chi connectivity index (χ4v) is 5.37. The van der Waals surface area contributed by atoms with Gasteiger partial charge in [0.05, 0.1) is 0 Å². The fourth-order valence-electron chi connectivity index (χ4n) is 5.37. The summed E-state index contributed by atoms with van der Waals surface area (Å²) in [5, 5.41) is 3.86. The summed E-state index contributed by atoms with van der Waals surface area (Å²) in [4.78, 5) is 18.2. The number of fused-ring (bicyclic) bond motifs is 1. The minimum absolute atomic E-state index is 0.0827. The molecular formula is C19H22FN3O. The van der Waals surface area contributed by atoms with Crippen LogP contribution in [0.5, 0.6) is 0 Å². The van der Waals surface area contributed by atoms with E-state index >= 15 is 0 Å². The first-order chi connectivity index (χ1) is 11.7. The molecule has 5 atom stereocenters. The number of carbonyl (C=O) groups is 1. The van der Waals surface area contributed by atoms with E-state index in [1.165, 1.54) is 44.6 Å². The van der Waals surface area contributed by atoms with Crippen LogP contribution in [0.25, 0.3) is 10.9 Å². The average Bonchev–Trinajstić information content (AvgIpc) is 2.96. The summed E-state index contributed by atoms with van der Waals surface area (Å²) in [6.45, 7) is 4.47. The highest BCUT2D eigenvalue weighted by Gasteiger charge is 2.47. The van der Waals surface area contributed by atoms with Crippen LogP contribution in [0.1, 0.15) is 23.3 Å². The van der Waals surface area contributed by atoms with Gasteiger partial charge in [0, 0.05) is 37.1 Å². The number of nitrogens with zero attached hydrogens (tertiary/aromatic N) is 1. The molecule has 0 spiro atoms. The Morgan fingerprint density at radius 2 is 2.00 bits per heavy atom. The zero-order chi connectivity index (χ0) is 16.3. The van der Waals surface area contributed by atoms with Crippen molar-refractivity contribution in [2.75, 3.05) is 26.2 Å².